The number of rotatable bonds is 2. The standard InChI is InChI=1S/C13H9BrN4/c14-11-6-4-5-10(9-11)13-15-16-17-18(13)12-7-2-1-3-8-12/h1-9H. The van der Waals surface area contributed by atoms with Crippen molar-refractivity contribution in [1.82, 2.24) is 20.2 Å². The zero-order valence-electron chi connectivity index (χ0n) is 9.36. The fraction of sp³-hybridized carbons (Fsp3) is 0. The number of para-hydroxylation sites is 1. The first kappa shape index (κ1) is 11.1. The quantitative estimate of drug-likeness (QED) is 0.730. The Balaban J connectivity index is 2.13. The Morgan fingerprint density at radius 1 is 0.944 bits per heavy atom. The van der Waals surface area contributed by atoms with E-state index in [4.69, 9.17) is 0 Å². The summed E-state index contributed by atoms with van der Waals surface area (Å²) >= 11 is 3.45. The summed E-state index contributed by atoms with van der Waals surface area (Å²) in [5, 5.41) is 11.9. The SMILES string of the molecule is Brc1cccc(-c2nnnn2-c2ccccc2)c1. The van der Waals surface area contributed by atoms with Crippen LogP contribution in [0.25, 0.3) is 17.1 Å². The van der Waals surface area contributed by atoms with Gasteiger partial charge in [-0.1, -0.05) is 46.3 Å². The number of hydrogen-bond acceptors (Lipinski definition) is 3. The van der Waals surface area contributed by atoms with Crippen LogP contribution in [-0.4, -0.2) is 20.2 Å². The van der Waals surface area contributed by atoms with E-state index in [0.717, 1.165) is 21.5 Å². The highest BCUT2D eigenvalue weighted by atomic mass is 79.9. The molecule has 0 amide bonds. The molecule has 0 saturated heterocycles. The first-order chi connectivity index (χ1) is 8.84. The molecule has 3 aromatic rings. The first-order valence-corrected chi connectivity index (χ1v) is 6.23. The largest absolute Gasteiger partial charge is 0.193 e. The van der Waals surface area contributed by atoms with Gasteiger partial charge in [0.15, 0.2) is 5.82 Å². The Hall–Kier alpha value is -2.01. The van der Waals surface area contributed by atoms with Gasteiger partial charge >= 0.3 is 0 Å². The van der Waals surface area contributed by atoms with Gasteiger partial charge < -0.3 is 0 Å². The maximum atomic E-state index is 4.08. The summed E-state index contributed by atoms with van der Waals surface area (Å²) < 4.78 is 2.73. The monoisotopic (exact) mass is 300 g/mol. The lowest BCUT2D eigenvalue weighted by atomic mass is 10.2. The van der Waals surface area contributed by atoms with Gasteiger partial charge in [-0.3, -0.25) is 0 Å². The Kier molecular flexibility index (Phi) is 2.90. The van der Waals surface area contributed by atoms with Crippen molar-refractivity contribution in [2.75, 3.05) is 0 Å². The highest BCUT2D eigenvalue weighted by Gasteiger charge is 2.10. The minimum atomic E-state index is 0.725. The van der Waals surface area contributed by atoms with Crippen molar-refractivity contribution in [3.05, 3.63) is 59.1 Å². The second-order valence-corrected chi connectivity index (χ2v) is 4.68. The van der Waals surface area contributed by atoms with Crippen LogP contribution in [0.15, 0.2) is 59.1 Å². The fourth-order valence-corrected chi connectivity index (χ4v) is 2.14. The number of hydrogen-bond donors (Lipinski definition) is 0. The van der Waals surface area contributed by atoms with Crippen molar-refractivity contribution in [2.24, 2.45) is 0 Å². The molecule has 0 atom stereocenters. The molecule has 3 rings (SSSR count). The van der Waals surface area contributed by atoms with E-state index in [0.29, 0.717) is 0 Å². The Bertz CT molecular complexity index is 664. The number of nitrogens with zero attached hydrogens (tertiary/aromatic N) is 4. The van der Waals surface area contributed by atoms with Crippen LogP contribution in [0.1, 0.15) is 0 Å². The van der Waals surface area contributed by atoms with Gasteiger partial charge in [0.05, 0.1) is 5.69 Å². The van der Waals surface area contributed by atoms with Crippen LogP contribution in [0.4, 0.5) is 0 Å². The van der Waals surface area contributed by atoms with Gasteiger partial charge in [-0.05, 0) is 34.7 Å². The Labute approximate surface area is 112 Å². The van der Waals surface area contributed by atoms with Crippen LogP contribution in [0.2, 0.25) is 0 Å². The summed E-state index contributed by atoms with van der Waals surface area (Å²) in [6, 6.07) is 17.7. The first-order valence-electron chi connectivity index (χ1n) is 5.44. The van der Waals surface area contributed by atoms with Crippen molar-refractivity contribution in [3.63, 3.8) is 0 Å². The fourth-order valence-electron chi connectivity index (χ4n) is 1.74. The highest BCUT2D eigenvalue weighted by molar-refractivity contribution is 9.10. The molecule has 5 heteroatoms. The summed E-state index contributed by atoms with van der Waals surface area (Å²) in [6.07, 6.45) is 0. The molecular weight excluding hydrogens is 292 g/mol. The molecular formula is C13H9BrN4. The molecule has 1 aromatic heterocycles. The second-order valence-electron chi connectivity index (χ2n) is 3.76. The average Bonchev–Trinajstić information content (AvgIpc) is 2.89. The summed E-state index contributed by atoms with van der Waals surface area (Å²) in [5.74, 6) is 0.725. The van der Waals surface area contributed by atoms with Crippen LogP contribution < -0.4 is 0 Å². The second kappa shape index (κ2) is 4.70. The Morgan fingerprint density at radius 2 is 1.78 bits per heavy atom. The van der Waals surface area contributed by atoms with Gasteiger partial charge in [0.1, 0.15) is 0 Å². The molecule has 0 unspecified atom stereocenters. The summed E-state index contributed by atoms with van der Waals surface area (Å²) in [4.78, 5) is 0. The number of tetrazole rings is 1. The molecule has 0 aliphatic carbocycles. The molecule has 0 aliphatic heterocycles. The van der Waals surface area contributed by atoms with E-state index in [2.05, 4.69) is 31.5 Å². The van der Waals surface area contributed by atoms with Crippen LogP contribution in [0.5, 0.6) is 0 Å². The molecule has 88 valence electrons. The third-order valence-corrected chi connectivity index (χ3v) is 3.05. The number of benzene rings is 2. The third kappa shape index (κ3) is 2.04. The van der Waals surface area contributed by atoms with E-state index in [1.807, 2.05) is 54.6 Å². The topological polar surface area (TPSA) is 43.6 Å². The van der Waals surface area contributed by atoms with Crippen molar-refractivity contribution in [2.45, 2.75) is 0 Å². The van der Waals surface area contributed by atoms with E-state index in [-0.39, 0.29) is 0 Å². The van der Waals surface area contributed by atoms with Crippen LogP contribution in [0.3, 0.4) is 0 Å². The lowest BCUT2D eigenvalue weighted by Gasteiger charge is -2.04. The normalized spacial score (nSPS) is 10.5. The van der Waals surface area contributed by atoms with E-state index >= 15 is 0 Å². The zero-order chi connectivity index (χ0) is 12.4. The Morgan fingerprint density at radius 3 is 2.56 bits per heavy atom. The molecule has 2 aromatic carbocycles. The third-order valence-electron chi connectivity index (χ3n) is 2.55. The molecule has 0 fully saturated rings. The molecule has 18 heavy (non-hydrogen) atoms. The predicted octanol–water partition coefficient (Wildman–Crippen LogP) is 3.09. The minimum absolute atomic E-state index is 0.725. The lowest BCUT2D eigenvalue weighted by Crippen LogP contribution is -1.99. The van der Waals surface area contributed by atoms with E-state index in [9.17, 15) is 0 Å². The van der Waals surface area contributed by atoms with Gasteiger partial charge in [0.25, 0.3) is 0 Å². The van der Waals surface area contributed by atoms with Crippen molar-refractivity contribution < 1.29 is 0 Å². The highest BCUT2D eigenvalue weighted by Crippen LogP contribution is 2.22. The molecule has 0 bridgehead atoms. The minimum Gasteiger partial charge on any atom is -0.193 e. The number of halogens is 1. The van der Waals surface area contributed by atoms with Gasteiger partial charge in [0.2, 0.25) is 0 Å². The van der Waals surface area contributed by atoms with Gasteiger partial charge in [-0.15, -0.1) is 5.10 Å². The van der Waals surface area contributed by atoms with Crippen molar-refractivity contribution in [1.29, 1.82) is 0 Å². The molecule has 0 aliphatic rings. The van der Waals surface area contributed by atoms with Crippen LogP contribution in [-0.2, 0) is 0 Å². The smallest absolute Gasteiger partial charge is 0.187 e. The van der Waals surface area contributed by atoms with Crippen LogP contribution >= 0.6 is 15.9 Å². The molecule has 4 nitrogen and oxygen atoms in total. The number of aromatic nitrogens is 4. The van der Waals surface area contributed by atoms with Gasteiger partial charge in [-0.2, -0.15) is 4.68 Å². The maximum Gasteiger partial charge on any atom is 0.187 e. The summed E-state index contributed by atoms with van der Waals surface area (Å²) in [5.41, 5.74) is 1.91. The van der Waals surface area contributed by atoms with Crippen molar-refractivity contribution in [3.8, 4) is 17.1 Å². The van der Waals surface area contributed by atoms with E-state index in [1.165, 1.54) is 0 Å². The zero-order valence-corrected chi connectivity index (χ0v) is 10.9. The van der Waals surface area contributed by atoms with Crippen molar-refractivity contribution >= 4 is 15.9 Å². The van der Waals surface area contributed by atoms with E-state index in [1.54, 1.807) is 4.68 Å². The molecule has 0 radical (unpaired) electrons. The van der Waals surface area contributed by atoms with Gasteiger partial charge in [-0.25, -0.2) is 0 Å². The summed E-state index contributed by atoms with van der Waals surface area (Å²) in [6.45, 7) is 0. The molecule has 0 spiro atoms. The average molecular weight is 301 g/mol. The molecule has 1 heterocycles. The predicted molar refractivity (Wildman–Crippen MR) is 72.3 cm³/mol. The maximum absolute atomic E-state index is 4.08. The van der Waals surface area contributed by atoms with Crippen LogP contribution in [0, 0.1) is 0 Å². The lowest BCUT2D eigenvalue weighted by molar-refractivity contribution is 0.791. The molecule has 0 saturated carbocycles. The van der Waals surface area contributed by atoms with E-state index < -0.39 is 0 Å². The molecule has 0 N–H and O–H groups in total. The van der Waals surface area contributed by atoms with Gasteiger partial charge in [0, 0.05) is 10.0 Å². The summed E-state index contributed by atoms with van der Waals surface area (Å²) in [7, 11) is 0.